The molecule has 2 rings (SSSR count). The molecule has 1 aliphatic rings. The zero-order valence-electron chi connectivity index (χ0n) is 13.4. The standard InChI is InChI=1S/C17H27N3S/c1-4-17(5-2)10-11-20(12-17)13-8-7-9-14(21-6-3)15(13)16(18)19/h7-9H,4-6,10-12H2,1-3H3,(H3,18,19). The molecule has 0 unspecified atom stereocenters. The van der Waals surface area contributed by atoms with Crippen molar-refractivity contribution in [3.05, 3.63) is 23.8 Å². The van der Waals surface area contributed by atoms with Gasteiger partial charge in [-0.25, -0.2) is 0 Å². The van der Waals surface area contributed by atoms with E-state index in [1.807, 2.05) is 0 Å². The van der Waals surface area contributed by atoms with Crippen LogP contribution in [0.25, 0.3) is 0 Å². The van der Waals surface area contributed by atoms with Crippen LogP contribution in [-0.2, 0) is 0 Å². The Balaban J connectivity index is 2.36. The number of nitrogen functional groups attached to an aromatic ring is 1. The summed E-state index contributed by atoms with van der Waals surface area (Å²) in [5.41, 5.74) is 8.39. The molecule has 1 aliphatic heterocycles. The normalized spacial score (nSPS) is 17.2. The minimum Gasteiger partial charge on any atom is -0.384 e. The highest BCUT2D eigenvalue weighted by Crippen LogP contribution is 2.41. The number of rotatable bonds is 6. The summed E-state index contributed by atoms with van der Waals surface area (Å²) in [6, 6.07) is 6.30. The molecule has 1 heterocycles. The number of nitrogens with one attached hydrogen (secondary N) is 1. The van der Waals surface area contributed by atoms with E-state index in [4.69, 9.17) is 11.1 Å². The number of anilines is 1. The third kappa shape index (κ3) is 3.20. The quantitative estimate of drug-likeness (QED) is 0.472. The van der Waals surface area contributed by atoms with E-state index < -0.39 is 0 Å². The average Bonchev–Trinajstić information content (AvgIpc) is 2.92. The summed E-state index contributed by atoms with van der Waals surface area (Å²) >= 11 is 1.77. The molecular formula is C17H27N3S. The van der Waals surface area contributed by atoms with Gasteiger partial charge < -0.3 is 10.6 Å². The van der Waals surface area contributed by atoms with Gasteiger partial charge in [0.25, 0.3) is 0 Å². The second-order valence-corrected chi connectivity index (χ2v) is 7.18. The van der Waals surface area contributed by atoms with Gasteiger partial charge in [0, 0.05) is 23.7 Å². The molecule has 4 heteroatoms. The first-order valence-corrected chi connectivity index (χ1v) is 8.90. The molecule has 0 spiro atoms. The van der Waals surface area contributed by atoms with Crippen molar-refractivity contribution in [2.24, 2.45) is 11.1 Å². The van der Waals surface area contributed by atoms with Crippen LogP contribution in [0.4, 0.5) is 5.69 Å². The minimum atomic E-state index is 0.187. The van der Waals surface area contributed by atoms with Crippen LogP contribution in [0.2, 0.25) is 0 Å². The summed E-state index contributed by atoms with van der Waals surface area (Å²) in [5, 5.41) is 7.99. The lowest BCUT2D eigenvalue weighted by Crippen LogP contribution is -2.28. The van der Waals surface area contributed by atoms with Gasteiger partial charge in [0.05, 0.1) is 5.56 Å². The number of nitrogens with zero attached hydrogens (tertiary/aromatic N) is 1. The smallest absolute Gasteiger partial charge is 0.126 e. The summed E-state index contributed by atoms with van der Waals surface area (Å²) in [6.07, 6.45) is 3.68. The van der Waals surface area contributed by atoms with Crippen LogP contribution in [0.15, 0.2) is 23.1 Å². The van der Waals surface area contributed by atoms with Crippen LogP contribution in [0.5, 0.6) is 0 Å². The monoisotopic (exact) mass is 305 g/mol. The molecule has 0 amide bonds. The summed E-state index contributed by atoms with van der Waals surface area (Å²) in [4.78, 5) is 3.57. The first-order valence-electron chi connectivity index (χ1n) is 7.92. The Morgan fingerprint density at radius 1 is 1.33 bits per heavy atom. The van der Waals surface area contributed by atoms with Gasteiger partial charge in [0.1, 0.15) is 5.84 Å². The van der Waals surface area contributed by atoms with Crippen molar-refractivity contribution in [1.82, 2.24) is 0 Å². The van der Waals surface area contributed by atoms with Gasteiger partial charge in [-0.05, 0) is 42.6 Å². The largest absolute Gasteiger partial charge is 0.384 e. The molecule has 116 valence electrons. The summed E-state index contributed by atoms with van der Waals surface area (Å²) in [5.74, 6) is 1.18. The molecule has 1 saturated heterocycles. The number of hydrogen-bond donors (Lipinski definition) is 2. The highest BCUT2D eigenvalue weighted by molar-refractivity contribution is 7.99. The lowest BCUT2D eigenvalue weighted by molar-refractivity contribution is 0.301. The van der Waals surface area contributed by atoms with Gasteiger partial charge in [0.2, 0.25) is 0 Å². The SMILES string of the molecule is CCSc1cccc(N2CCC(CC)(CC)C2)c1C(=N)N. The molecule has 0 aromatic heterocycles. The van der Waals surface area contributed by atoms with Gasteiger partial charge in [-0.2, -0.15) is 0 Å². The van der Waals surface area contributed by atoms with E-state index in [-0.39, 0.29) is 5.84 Å². The Labute approximate surface area is 132 Å². The Morgan fingerprint density at radius 2 is 2.05 bits per heavy atom. The van der Waals surface area contributed by atoms with Gasteiger partial charge in [-0.1, -0.05) is 26.8 Å². The molecule has 3 nitrogen and oxygen atoms in total. The van der Waals surface area contributed by atoms with Crippen molar-refractivity contribution in [3.8, 4) is 0 Å². The first-order chi connectivity index (χ1) is 10.1. The number of nitrogens with two attached hydrogens (primary N) is 1. The van der Waals surface area contributed by atoms with E-state index in [2.05, 4.69) is 43.9 Å². The molecule has 0 aliphatic carbocycles. The van der Waals surface area contributed by atoms with E-state index in [1.165, 1.54) is 19.3 Å². The fourth-order valence-electron chi connectivity index (χ4n) is 3.30. The summed E-state index contributed by atoms with van der Waals surface area (Å²) < 4.78 is 0. The second kappa shape index (κ2) is 6.73. The molecule has 21 heavy (non-hydrogen) atoms. The molecule has 0 bridgehead atoms. The Hall–Kier alpha value is -1.16. The van der Waals surface area contributed by atoms with Gasteiger partial charge in [0.15, 0.2) is 0 Å². The fourth-order valence-corrected chi connectivity index (χ4v) is 4.14. The van der Waals surface area contributed by atoms with E-state index >= 15 is 0 Å². The molecule has 0 saturated carbocycles. The molecule has 3 N–H and O–H groups in total. The number of hydrogen-bond acceptors (Lipinski definition) is 3. The zero-order chi connectivity index (χ0) is 15.5. The van der Waals surface area contributed by atoms with E-state index in [0.717, 1.165) is 35.0 Å². The van der Waals surface area contributed by atoms with Gasteiger partial charge in [-0.3, -0.25) is 5.41 Å². The van der Waals surface area contributed by atoms with Gasteiger partial charge >= 0.3 is 0 Å². The van der Waals surface area contributed by atoms with E-state index in [0.29, 0.717) is 5.41 Å². The van der Waals surface area contributed by atoms with Crippen molar-refractivity contribution in [2.45, 2.75) is 44.9 Å². The first kappa shape index (κ1) is 16.2. The predicted octanol–water partition coefficient (Wildman–Crippen LogP) is 4.10. The molecule has 1 aromatic carbocycles. The van der Waals surface area contributed by atoms with Crippen LogP contribution < -0.4 is 10.6 Å². The van der Waals surface area contributed by atoms with Crippen molar-refractivity contribution < 1.29 is 0 Å². The van der Waals surface area contributed by atoms with Crippen LogP contribution in [0.1, 0.15) is 45.6 Å². The van der Waals surface area contributed by atoms with Crippen LogP contribution >= 0.6 is 11.8 Å². The number of benzene rings is 1. The highest BCUT2D eigenvalue weighted by Gasteiger charge is 2.36. The molecule has 0 radical (unpaired) electrons. The van der Waals surface area contributed by atoms with Crippen LogP contribution in [0.3, 0.4) is 0 Å². The molecule has 0 atom stereocenters. The Kier molecular flexibility index (Phi) is 5.20. The highest BCUT2D eigenvalue weighted by atomic mass is 32.2. The fraction of sp³-hybridized carbons (Fsp3) is 0.588. The summed E-state index contributed by atoms with van der Waals surface area (Å²) in [7, 11) is 0. The Morgan fingerprint density at radius 3 is 2.57 bits per heavy atom. The van der Waals surface area contributed by atoms with Crippen LogP contribution in [-0.4, -0.2) is 24.7 Å². The van der Waals surface area contributed by atoms with E-state index in [1.54, 1.807) is 11.8 Å². The lowest BCUT2D eigenvalue weighted by atomic mass is 9.82. The summed E-state index contributed by atoms with van der Waals surface area (Å²) in [6.45, 7) is 8.88. The van der Waals surface area contributed by atoms with Crippen molar-refractivity contribution in [3.63, 3.8) is 0 Å². The third-order valence-corrected chi connectivity index (χ3v) is 5.79. The number of thioether (sulfide) groups is 1. The predicted molar refractivity (Wildman–Crippen MR) is 93.7 cm³/mol. The topological polar surface area (TPSA) is 53.1 Å². The Bertz CT molecular complexity index is 509. The van der Waals surface area contributed by atoms with Crippen molar-refractivity contribution in [1.29, 1.82) is 5.41 Å². The maximum Gasteiger partial charge on any atom is 0.126 e. The van der Waals surface area contributed by atoms with E-state index in [9.17, 15) is 0 Å². The minimum absolute atomic E-state index is 0.187. The maximum atomic E-state index is 7.99. The zero-order valence-corrected chi connectivity index (χ0v) is 14.2. The number of amidine groups is 1. The van der Waals surface area contributed by atoms with Crippen molar-refractivity contribution in [2.75, 3.05) is 23.7 Å². The molecule has 1 fully saturated rings. The van der Waals surface area contributed by atoms with Crippen LogP contribution in [0, 0.1) is 10.8 Å². The molecule has 1 aromatic rings. The maximum absolute atomic E-state index is 7.99. The average molecular weight is 305 g/mol. The van der Waals surface area contributed by atoms with Gasteiger partial charge in [-0.15, -0.1) is 11.8 Å². The lowest BCUT2D eigenvalue weighted by Gasteiger charge is -2.28. The second-order valence-electron chi connectivity index (χ2n) is 5.88. The van der Waals surface area contributed by atoms with Crippen molar-refractivity contribution >= 4 is 23.3 Å². The third-order valence-electron chi connectivity index (χ3n) is 4.85. The molecular weight excluding hydrogens is 278 g/mol.